The number of pyridine rings is 1. The maximum Gasteiger partial charge on any atom is 0.241 e. The molecule has 1 aromatic carbocycles. The number of likely N-dealkylation sites (tertiary alicyclic amines) is 2. The monoisotopic (exact) mass is 595 g/mol. The number of benzene rings is 1. The lowest BCUT2D eigenvalue weighted by Crippen LogP contribution is -2.49. The Hall–Kier alpha value is -1.73. The zero-order valence-corrected chi connectivity index (χ0v) is 26.1. The summed E-state index contributed by atoms with van der Waals surface area (Å²) in [6, 6.07) is 7.44. The maximum absolute atomic E-state index is 14.0. The van der Waals surface area contributed by atoms with Gasteiger partial charge in [-0.1, -0.05) is 12.8 Å². The molecule has 5 N–H and O–H groups in total. The highest BCUT2D eigenvalue weighted by Crippen LogP contribution is 2.25. The molecule has 2 aromatic rings. The average molecular weight is 596 g/mol. The Bertz CT molecular complexity index is 1210. The van der Waals surface area contributed by atoms with E-state index >= 15 is 0 Å². The molecule has 3 heterocycles. The fraction of sp³-hybridized carbons (Fsp3) is 0.700. The molecule has 0 aliphatic carbocycles. The van der Waals surface area contributed by atoms with Crippen LogP contribution in [0.15, 0.2) is 29.2 Å². The number of aromatic nitrogens is 1. The molecule has 0 unspecified atom stereocenters. The quantitative estimate of drug-likeness (QED) is 0.348. The number of halogens is 1. The van der Waals surface area contributed by atoms with Gasteiger partial charge in [-0.15, -0.1) is 0 Å². The molecule has 41 heavy (non-hydrogen) atoms. The van der Waals surface area contributed by atoms with E-state index in [1.807, 2.05) is 0 Å². The molecule has 0 bridgehead atoms. The summed E-state index contributed by atoms with van der Waals surface area (Å²) < 4.78 is 42.0. The summed E-state index contributed by atoms with van der Waals surface area (Å²) >= 11 is 0. The highest BCUT2D eigenvalue weighted by atomic mass is 32.2. The van der Waals surface area contributed by atoms with Gasteiger partial charge in [0.15, 0.2) is 0 Å². The van der Waals surface area contributed by atoms with Crippen LogP contribution in [0, 0.1) is 12.7 Å². The SMILES string of the molecule is C[C@@H]1CCC[C@H](C)N1C[C@@H](O)CN.Cc1ccc2c(S(=O)(=O)NC[C@H](O)CN3[C@H](C)CCC[C@@H]3C)cc(F)cc2n1. The van der Waals surface area contributed by atoms with Crippen LogP contribution in [0.1, 0.15) is 71.9 Å². The van der Waals surface area contributed by atoms with E-state index in [9.17, 15) is 23.0 Å². The summed E-state index contributed by atoms with van der Waals surface area (Å²) in [5.41, 5.74) is 6.37. The normalized spacial score (nSPS) is 25.9. The Labute approximate surface area is 245 Å². The standard InChI is InChI=1S/C20H28FN3O3S.C10H22N2O/c1-13-7-8-18-19(23-13)9-16(21)10-20(18)28(26,27)22-11-17(25)12-24-14(2)5-4-6-15(24)3;1-8-4-3-5-9(2)12(8)7-10(13)6-11/h7-10,14-15,17,22,25H,4-6,11-12H2,1-3H3;8-10,13H,3-7,11H2,1-2H3/t14-,15+,17-;8-,9+,10-/m00/s1. The first-order valence-electron chi connectivity index (χ1n) is 15.0. The van der Waals surface area contributed by atoms with E-state index in [2.05, 4.69) is 47.2 Å². The number of aliphatic hydroxyl groups excluding tert-OH is 2. The molecule has 0 amide bonds. The summed E-state index contributed by atoms with van der Waals surface area (Å²) in [5, 5.41) is 20.2. The molecular formula is C30H50FN5O4S. The summed E-state index contributed by atoms with van der Waals surface area (Å²) in [7, 11) is -3.99. The van der Waals surface area contributed by atoms with Gasteiger partial charge in [-0.2, -0.15) is 0 Å². The van der Waals surface area contributed by atoms with Gasteiger partial charge in [-0.3, -0.25) is 14.8 Å². The van der Waals surface area contributed by atoms with E-state index in [0.29, 0.717) is 48.3 Å². The minimum absolute atomic E-state index is 0.129. The molecule has 6 atom stereocenters. The Morgan fingerprint density at radius 3 is 1.98 bits per heavy atom. The van der Waals surface area contributed by atoms with Gasteiger partial charge in [-0.25, -0.2) is 17.5 Å². The average Bonchev–Trinajstić information content (AvgIpc) is 2.91. The van der Waals surface area contributed by atoms with Crippen LogP contribution < -0.4 is 10.5 Å². The van der Waals surface area contributed by atoms with Gasteiger partial charge in [0.1, 0.15) is 5.82 Å². The van der Waals surface area contributed by atoms with Crippen LogP contribution in [0.5, 0.6) is 0 Å². The number of nitrogens with two attached hydrogens (primary N) is 1. The molecule has 2 aliphatic rings. The second-order valence-corrected chi connectivity index (χ2v) is 13.7. The lowest BCUT2D eigenvalue weighted by Gasteiger charge is -2.40. The second kappa shape index (κ2) is 15.1. The Kier molecular flexibility index (Phi) is 12.5. The second-order valence-electron chi connectivity index (χ2n) is 12.0. The molecule has 11 heteroatoms. The van der Waals surface area contributed by atoms with Crippen LogP contribution in [0.4, 0.5) is 4.39 Å². The summed E-state index contributed by atoms with van der Waals surface area (Å²) in [6.45, 7) is 11.9. The van der Waals surface area contributed by atoms with Crippen molar-refractivity contribution < 1.29 is 23.0 Å². The zero-order chi connectivity index (χ0) is 30.3. The van der Waals surface area contributed by atoms with Crippen molar-refractivity contribution in [2.75, 3.05) is 26.2 Å². The van der Waals surface area contributed by atoms with Gasteiger partial charge < -0.3 is 15.9 Å². The largest absolute Gasteiger partial charge is 0.390 e. The molecule has 2 saturated heterocycles. The number of hydrogen-bond donors (Lipinski definition) is 4. The van der Waals surface area contributed by atoms with Crippen molar-refractivity contribution in [2.45, 2.75) is 114 Å². The first kappa shape index (κ1) is 33.8. The van der Waals surface area contributed by atoms with Crippen LogP contribution in [-0.2, 0) is 10.0 Å². The Balaban J connectivity index is 0.000000298. The number of nitrogens with zero attached hydrogens (tertiary/aromatic N) is 3. The minimum atomic E-state index is -3.99. The Morgan fingerprint density at radius 2 is 1.46 bits per heavy atom. The molecule has 0 saturated carbocycles. The van der Waals surface area contributed by atoms with E-state index in [1.54, 1.807) is 19.1 Å². The summed E-state index contributed by atoms with van der Waals surface area (Å²) in [4.78, 5) is 8.64. The molecule has 232 valence electrons. The van der Waals surface area contributed by atoms with Crippen molar-refractivity contribution in [3.63, 3.8) is 0 Å². The van der Waals surface area contributed by atoms with E-state index in [4.69, 9.17) is 5.73 Å². The number of β-amino-alcohol motifs (C(OH)–C–C–N with tert-alkyl or cyclic N) is 2. The van der Waals surface area contributed by atoms with Gasteiger partial charge in [0.05, 0.1) is 22.6 Å². The highest BCUT2D eigenvalue weighted by Gasteiger charge is 2.28. The van der Waals surface area contributed by atoms with Gasteiger partial charge >= 0.3 is 0 Å². The van der Waals surface area contributed by atoms with Gasteiger partial charge in [0, 0.05) is 67.5 Å². The van der Waals surface area contributed by atoms with Gasteiger partial charge in [0.2, 0.25) is 10.0 Å². The molecule has 1 aromatic heterocycles. The van der Waals surface area contributed by atoms with Crippen LogP contribution >= 0.6 is 0 Å². The topological polar surface area (TPSA) is 132 Å². The zero-order valence-electron chi connectivity index (χ0n) is 25.3. The number of hydrogen-bond acceptors (Lipinski definition) is 8. The minimum Gasteiger partial charge on any atom is -0.390 e. The van der Waals surface area contributed by atoms with Crippen molar-refractivity contribution in [2.24, 2.45) is 5.73 Å². The van der Waals surface area contributed by atoms with Crippen molar-refractivity contribution in [3.05, 3.63) is 35.8 Å². The van der Waals surface area contributed by atoms with Gasteiger partial charge in [-0.05, 0) is 78.5 Å². The van der Waals surface area contributed by atoms with Crippen LogP contribution in [-0.4, -0.2) is 96.0 Å². The van der Waals surface area contributed by atoms with Crippen LogP contribution in [0.25, 0.3) is 10.9 Å². The van der Waals surface area contributed by atoms with Gasteiger partial charge in [0.25, 0.3) is 0 Å². The Morgan fingerprint density at radius 1 is 0.951 bits per heavy atom. The molecule has 2 fully saturated rings. The van der Waals surface area contributed by atoms with Crippen molar-refractivity contribution >= 4 is 20.9 Å². The maximum atomic E-state index is 14.0. The molecule has 4 rings (SSSR count). The van der Waals surface area contributed by atoms with E-state index in [-0.39, 0.29) is 23.1 Å². The lowest BCUT2D eigenvalue weighted by atomic mass is 9.97. The molecule has 0 radical (unpaired) electrons. The van der Waals surface area contributed by atoms with E-state index in [1.165, 1.54) is 31.7 Å². The number of rotatable bonds is 9. The third-order valence-electron chi connectivity index (χ3n) is 8.54. The summed E-state index contributed by atoms with van der Waals surface area (Å²) in [6.07, 6.45) is 5.93. The number of piperidine rings is 2. The predicted molar refractivity (Wildman–Crippen MR) is 162 cm³/mol. The third kappa shape index (κ3) is 9.38. The fourth-order valence-electron chi connectivity index (χ4n) is 6.07. The number of nitrogens with one attached hydrogen (secondary N) is 1. The van der Waals surface area contributed by atoms with Crippen molar-refractivity contribution in [1.29, 1.82) is 0 Å². The van der Waals surface area contributed by atoms with E-state index in [0.717, 1.165) is 25.5 Å². The van der Waals surface area contributed by atoms with Crippen LogP contribution in [0.2, 0.25) is 0 Å². The predicted octanol–water partition coefficient (Wildman–Crippen LogP) is 3.15. The smallest absolute Gasteiger partial charge is 0.241 e. The van der Waals surface area contributed by atoms with Crippen LogP contribution in [0.3, 0.4) is 0 Å². The van der Waals surface area contributed by atoms with Crippen molar-refractivity contribution in [1.82, 2.24) is 19.5 Å². The number of aliphatic hydroxyl groups is 2. The molecule has 2 aliphatic heterocycles. The number of aryl methyl sites for hydroxylation is 1. The first-order valence-corrected chi connectivity index (χ1v) is 16.4. The highest BCUT2D eigenvalue weighted by molar-refractivity contribution is 7.89. The lowest BCUT2D eigenvalue weighted by molar-refractivity contribution is 0.0438. The first-order chi connectivity index (χ1) is 19.3. The molecule has 9 nitrogen and oxygen atoms in total. The molecule has 0 spiro atoms. The fourth-order valence-corrected chi connectivity index (χ4v) is 7.37. The third-order valence-corrected chi connectivity index (χ3v) is 10.0. The van der Waals surface area contributed by atoms with Crippen molar-refractivity contribution in [3.8, 4) is 0 Å². The number of fused-ring (bicyclic) bond motifs is 1. The molecular weight excluding hydrogens is 545 g/mol. The number of sulfonamides is 1. The van der Waals surface area contributed by atoms with E-state index < -0.39 is 21.9 Å². The summed E-state index contributed by atoms with van der Waals surface area (Å²) in [5.74, 6) is -0.664.